The van der Waals surface area contributed by atoms with Crippen molar-refractivity contribution in [3.05, 3.63) is 281 Å². The Morgan fingerprint density at radius 1 is 0.375 bits per heavy atom. The molecular weight excluding hydrogens is 771 g/mol. The predicted molar refractivity (Wildman–Crippen MR) is 273 cm³/mol. The molecule has 0 aliphatic carbocycles. The van der Waals surface area contributed by atoms with Crippen molar-refractivity contribution < 1.29 is 0 Å². The van der Waals surface area contributed by atoms with E-state index in [0.717, 1.165) is 18.5 Å². The first-order valence-electron chi connectivity index (χ1n) is 22.6. The number of hydrogen-bond acceptors (Lipinski definition) is 1. The van der Waals surface area contributed by atoms with Crippen molar-refractivity contribution >= 4 is 40.4 Å². The number of anilines is 3. The molecule has 0 spiro atoms. The molecule has 0 amide bonds. The fourth-order valence-electron chi connectivity index (χ4n) is 9.05. The predicted octanol–water partition coefficient (Wildman–Crippen LogP) is 16.9. The van der Waals surface area contributed by atoms with Crippen molar-refractivity contribution in [2.24, 2.45) is 0 Å². The van der Waals surface area contributed by atoms with Gasteiger partial charge in [0, 0.05) is 17.1 Å². The first kappa shape index (κ1) is 40.3. The minimum Gasteiger partial charge on any atom is -0.310 e. The minimum absolute atomic E-state index is 0.447. The Morgan fingerprint density at radius 2 is 0.734 bits per heavy atom. The molecule has 1 aliphatic rings. The van der Waals surface area contributed by atoms with Gasteiger partial charge in [0.2, 0.25) is 0 Å². The summed E-state index contributed by atoms with van der Waals surface area (Å²) < 4.78 is 0. The van der Waals surface area contributed by atoms with Crippen LogP contribution in [-0.2, 0) is 12.8 Å². The molecule has 308 valence electrons. The fourth-order valence-corrected chi connectivity index (χ4v) is 9.05. The van der Waals surface area contributed by atoms with E-state index in [4.69, 9.17) is 0 Å². The van der Waals surface area contributed by atoms with Crippen LogP contribution in [0, 0.1) is 0 Å². The summed E-state index contributed by atoms with van der Waals surface area (Å²) in [6, 6.07) is 84.2. The molecule has 0 radical (unpaired) electrons. The molecule has 10 rings (SSSR count). The van der Waals surface area contributed by atoms with Crippen LogP contribution in [0.25, 0.3) is 45.6 Å². The summed E-state index contributed by atoms with van der Waals surface area (Å²) >= 11 is 0. The molecule has 0 aromatic heterocycles. The summed E-state index contributed by atoms with van der Waals surface area (Å²) in [4.78, 5) is 2.52. The average molecular weight is 822 g/mol. The molecule has 64 heavy (non-hydrogen) atoms. The molecule has 0 saturated heterocycles. The summed E-state index contributed by atoms with van der Waals surface area (Å²) in [6.07, 6.45) is 6.65. The molecule has 0 N–H and O–H groups in total. The van der Waals surface area contributed by atoms with Crippen LogP contribution in [0.4, 0.5) is 17.1 Å². The highest BCUT2D eigenvalue weighted by atomic mass is 15.1. The molecule has 1 aliphatic heterocycles. The van der Waals surface area contributed by atoms with Gasteiger partial charge >= 0.3 is 0 Å². The molecule has 0 fully saturated rings. The third-order valence-corrected chi connectivity index (χ3v) is 12.6. The summed E-state index contributed by atoms with van der Waals surface area (Å²) in [6.45, 7) is 4.53. The average Bonchev–Trinajstić information content (AvgIpc) is 3.52. The summed E-state index contributed by atoms with van der Waals surface area (Å²) in [5.41, 5.74) is 22.0. The lowest BCUT2D eigenvalue weighted by Crippen LogP contribution is -2.12. The van der Waals surface area contributed by atoms with Crippen molar-refractivity contribution in [1.29, 1.82) is 0 Å². The highest BCUT2D eigenvalue weighted by Crippen LogP contribution is 2.44. The second-order valence-electron chi connectivity index (χ2n) is 17.1. The van der Waals surface area contributed by atoms with Gasteiger partial charge in [0.1, 0.15) is 0 Å². The SMILES string of the molecule is CC(C)c1ccc(N2c3cc(/C=C(/c4ccccc4)c4ccc(-c5ccccc5)cc4)ccc3CCc3ccc(/C=C(/c4ccccc4)c4ccc(-c5ccccc5)cc4)cc32)cc1. The van der Waals surface area contributed by atoms with Gasteiger partial charge in [-0.05, 0) is 139 Å². The Kier molecular flexibility index (Phi) is 11.5. The van der Waals surface area contributed by atoms with Crippen LogP contribution >= 0.6 is 0 Å². The van der Waals surface area contributed by atoms with E-state index in [0.29, 0.717) is 5.92 Å². The van der Waals surface area contributed by atoms with E-state index < -0.39 is 0 Å². The molecular formula is C63H51N. The molecule has 9 aromatic rings. The highest BCUT2D eigenvalue weighted by Gasteiger charge is 2.24. The number of aryl methyl sites for hydroxylation is 2. The normalized spacial score (nSPS) is 12.7. The topological polar surface area (TPSA) is 3.24 Å². The van der Waals surface area contributed by atoms with Crippen LogP contribution in [0.3, 0.4) is 0 Å². The summed E-state index contributed by atoms with van der Waals surface area (Å²) in [5.74, 6) is 0.447. The number of fused-ring (bicyclic) bond motifs is 2. The van der Waals surface area contributed by atoms with Gasteiger partial charge in [0.05, 0.1) is 0 Å². The fraction of sp³-hybridized carbons (Fsp3) is 0.0794. The summed E-state index contributed by atoms with van der Waals surface area (Å²) in [7, 11) is 0. The maximum Gasteiger partial charge on any atom is 0.0499 e. The molecule has 0 bridgehead atoms. The number of nitrogens with zero attached hydrogens (tertiary/aromatic N) is 1. The van der Waals surface area contributed by atoms with Crippen molar-refractivity contribution in [1.82, 2.24) is 0 Å². The van der Waals surface area contributed by atoms with Crippen LogP contribution in [0.5, 0.6) is 0 Å². The number of benzene rings is 9. The van der Waals surface area contributed by atoms with Crippen molar-refractivity contribution in [3.63, 3.8) is 0 Å². The van der Waals surface area contributed by atoms with E-state index in [9.17, 15) is 0 Å². The van der Waals surface area contributed by atoms with E-state index in [1.807, 2.05) is 0 Å². The monoisotopic (exact) mass is 821 g/mol. The molecule has 1 nitrogen and oxygen atoms in total. The second-order valence-corrected chi connectivity index (χ2v) is 17.1. The van der Waals surface area contributed by atoms with Crippen LogP contribution in [0.2, 0.25) is 0 Å². The zero-order valence-corrected chi connectivity index (χ0v) is 36.5. The zero-order valence-electron chi connectivity index (χ0n) is 36.5. The van der Waals surface area contributed by atoms with E-state index in [2.05, 4.69) is 261 Å². The largest absolute Gasteiger partial charge is 0.310 e. The molecule has 0 unspecified atom stereocenters. The van der Waals surface area contributed by atoms with Gasteiger partial charge in [-0.2, -0.15) is 0 Å². The van der Waals surface area contributed by atoms with Gasteiger partial charge in [-0.3, -0.25) is 0 Å². The first-order chi connectivity index (χ1) is 31.5. The van der Waals surface area contributed by atoms with Crippen LogP contribution < -0.4 is 4.90 Å². The van der Waals surface area contributed by atoms with Crippen LogP contribution in [0.15, 0.2) is 231 Å². The van der Waals surface area contributed by atoms with Gasteiger partial charge in [0.25, 0.3) is 0 Å². The van der Waals surface area contributed by atoms with E-state index in [1.54, 1.807) is 0 Å². The molecule has 1 heteroatoms. The Hall–Kier alpha value is -7.74. The Bertz CT molecular complexity index is 2860. The first-order valence-corrected chi connectivity index (χ1v) is 22.6. The maximum atomic E-state index is 2.52. The lowest BCUT2D eigenvalue weighted by Gasteiger charge is -2.28. The number of rotatable bonds is 10. The smallest absolute Gasteiger partial charge is 0.0499 e. The van der Waals surface area contributed by atoms with Gasteiger partial charge in [-0.25, -0.2) is 0 Å². The van der Waals surface area contributed by atoms with Gasteiger partial charge in [0.15, 0.2) is 0 Å². The zero-order chi connectivity index (χ0) is 43.2. The van der Waals surface area contributed by atoms with E-state index >= 15 is 0 Å². The van der Waals surface area contributed by atoms with Crippen molar-refractivity contribution in [2.75, 3.05) is 4.90 Å². The van der Waals surface area contributed by atoms with E-state index in [1.165, 1.54) is 94.8 Å². The van der Waals surface area contributed by atoms with Crippen molar-refractivity contribution in [2.45, 2.75) is 32.6 Å². The third kappa shape index (κ3) is 8.67. The lowest BCUT2D eigenvalue weighted by molar-refractivity contribution is 0.866. The third-order valence-electron chi connectivity index (χ3n) is 12.6. The quantitative estimate of drug-likeness (QED) is 0.124. The van der Waals surface area contributed by atoms with Gasteiger partial charge in [-0.15, -0.1) is 0 Å². The lowest BCUT2D eigenvalue weighted by atomic mass is 9.93. The minimum atomic E-state index is 0.447. The molecule has 9 aromatic carbocycles. The Labute approximate surface area is 379 Å². The Balaban J connectivity index is 1.09. The molecule has 0 atom stereocenters. The molecule has 0 saturated carbocycles. The van der Waals surface area contributed by atoms with E-state index in [-0.39, 0.29) is 0 Å². The van der Waals surface area contributed by atoms with Crippen LogP contribution in [-0.4, -0.2) is 0 Å². The Morgan fingerprint density at radius 3 is 1.12 bits per heavy atom. The summed E-state index contributed by atoms with van der Waals surface area (Å²) in [5, 5.41) is 0. The van der Waals surface area contributed by atoms with Crippen LogP contribution in [0.1, 0.15) is 69.8 Å². The highest BCUT2D eigenvalue weighted by molar-refractivity contribution is 5.95. The second kappa shape index (κ2) is 18.3. The number of hydrogen-bond donors (Lipinski definition) is 0. The van der Waals surface area contributed by atoms with Gasteiger partial charge in [-0.1, -0.05) is 220 Å². The standard InChI is InChI=1S/C63H51N/c1-45(2)48-37-39-59(40-38-48)64-62-43-46(41-60(53-19-11-5-12-20-53)55-31-27-51(28-32-55)49-15-7-3-8-16-49)23-25-57(62)35-36-58-26-24-47(44-63(58)64)42-61(54-21-13-6-14-22-54)56-33-29-52(30-34-56)50-17-9-4-10-18-50/h3-34,37-45H,35-36H2,1-2H3/b60-41-,61-42-. The molecule has 1 heterocycles. The van der Waals surface area contributed by atoms with Gasteiger partial charge < -0.3 is 4.90 Å². The van der Waals surface area contributed by atoms with Crippen molar-refractivity contribution in [3.8, 4) is 22.3 Å². The maximum absolute atomic E-state index is 2.52.